The number of hydrogen-bond acceptors (Lipinski definition) is 2. The lowest BCUT2D eigenvalue weighted by Crippen LogP contribution is -2.35. The van der Waals surface area contributed by atoms with Gasteiger partial charge in [-0.25, -0.2) is 4.79 Å². The monoisotopic (exact) mass is 341 g/mol. The zero-order chi connectivity index (χ0) is 18.0. The molecule has 1 heterocycles. The molecule has 0 saturated carbocycles. The fourth-order valence-corrected chi connectivity index (χ4v) is 4.07. The molecule has 1 amide bonds. The van der Waals surface area contributed by atoms with Gasteiger partial charge in [-0.1, -0.05) is 42.0 Å². The molecule has 3 nitrogen and oxygen atoms in total. The third-order valence-electron chi connectivity index (χ3n) is 5.42. The van der Waals surface area contributed by atoms with Crippen LogP contribution in [0.1, 0.15) is 44.7 Å². The van der Waals surface area contributed by atoms with E-state index in [-0.39, 0.29) is 6.09 Å². The van der Waals surface area contributed by atoms with Crippen molar-refractivity contribution in [3.63, 3.8) is 0 Å². The molecule has 1 aliphatic carbocycles. The lowest BCUT2D eigenvalue weighted by molar-refractivity contribution is 0.0282. The molecular weight excluding hydrogens is 310 g/mol. The van der Waals surface area contributed by atoms with Crippen molar-refractivity contribution in [1.29, 1.82) is 0 Å². The normalized spacial score (nSPS) is 25.8. The van der Waals surface area contributed by atoms with Crippen molar-refractivity contribution in [3.05, 3.63) is 47.5 Å². The fourth-order valence-electron chi connectivity index (χ4n) is 4.07. The summed E-state index contributed by atoms with van der Waals surface area (Å²) in [5.74, 6) is 1.72. The van der Waals surface area contributed by atoms with E-state index >= 15 is 0 Å². The highest BCUT2D eigenvalue weighted by Crippen LogP contribution is 2.39. The summed E-state index contributed by atoms with van der Waals surface area (Å²) in [5.41, 5.74) is 2.30. The van der Waals surface area contributed by atoms with Crippen molar-refractivity contribution >= 4 is 6.09 Å². The molecule has 136 valence electrons. The molecule has 0 aromatic heterocycles. The molecule has 0 N–H and O–H groups in total. The molecule has 2 aliphatic rings. The molecule has 3 heteroatoms. The average Bonchev–Trinajstić information content (AvgIpc) is 2.98. The van der Waals surface area contributed by atoms with E-state index in [1.807, 2.05) is 25.7 Å². The second-order valence-electron chi connectivity index (χ2n) is 8.66. The maximum atomic E-state index is 12.4. The predicted molar refractivity (Wildman–Crippen MR) is 102 cm³/mol. The van der Waals surface area contributed by atoms with Crippen LogP contribution in [-0.4, -0.2) is 29.7 Å². The largest absolute Gasteiger partial charge is 0.444 e. The molecule has 0 spiro atoms. The van der Waals surface area contributed by atoms with E-state index in [9.17, 15) is 4.79 Å². The Morgan fingerprint density at radius 3 is 2.60 bits per heavy atom. The van der Waals surface area contributed by atoms with Gasteiger partial charge in [0.15, 0.2) is 0 Å². The Labute approximate surface area is 152 Å². The van der Waals surface area contributed by atoms with Gasteiger partial charge in [0.25, 0.3) is 0 Å². The van der Waals surface area contributed by atoms with Crippen LogP contribution in [0.15, 0.2) is 36.4 Å². The third-order valence-corrected chi connectivity index (χ3v) is 5.42. The van der Waals surface area contributed by atoms with Crippen molar-refractivity contribution in [1.82, 2.24) is 4.90 Å². The summed E-state index contributed by atoms with van der Waals surface area (Å²) in [5, 5.41) is 0. The van der Waals surface area contributed by atoms with E-state index in [1.54, 1.807) is 0 Å². The maximum absolute atomic E-state index is 12.4. The summed E-state index contributed by atoms with van der Waals surface area (Å²) in [6.45, 7) is 9.55. The molecule has 1 aromatic carbocycles. The van der Waals surface area contributed by atoms with Crippen LogP contribution in [0.25, 0.3) is 0 Å². The lowest BCUT2D eigenvalue weighted by Gasteiger charge is -2.29. The summed E-state index contributed by atoms with van der Waals surface area (Å²) in [4.78, 5) is 14.3. The van der Waals surface area contributed by atoms with E-state index in [0.29, 0.717) is 17.8 Å². The Balaban J connectivity index is 1.59. The highest BCUT2D eigenvalue weighted by molar-refractivity contribution is 5.68. The molecule has 1 saturated heterocycles. The van der Waals surface area contributed by atoms with Gasteiger partial charge < -0.3 is 9.64 Å². The number of amides is 1. The van der Waals surface area contributed by atoms with Gasteiger partial charge in [0.1, 0.15) is 5.60 Å². The van der Waals surface area contributed by atoms with Gasteiger partial charge in [0.2, 0.25) is 0 Å². The average molecular weight is 341 g/mol. The molecule has 3 rings (SSSR count). The van der Waals surface area contributed by atoms with Crippen LogP contribution in [0, 0.1) is 24.7 Å². The van der Waals surface area contributed by atoms with Crippen LogP contribution in [-0.2, 0) is 11.2 Å². The molecule has 3 atom stereocenters. The quantitative estimate of drug-likeness (QED) is 0.725. The van der Waals surface area contributed by atoms with Gasteiger partial charge in [-0.3, -0.25) is 0 Å². The molecule has 1 aliphatic heterocycles. The summed E-state index contributed by atoms with van der Waals surface area (Å²) in [6, 6.07) is 8.87. The summed E-state index contributed by atoms with van der Waals surface area (Å²) >= 11 is 0. The van der Waals surface area contributed by atoms with Crippen molar-refractivity contribution in [3.8, 4) is 0 Å². The Hall–Kier alpha value is -1.77. The summed E-state index contributed by atoms with van der Waals surface area (Å²) in [6.07, 6.45) is 7.92. The van der Waals surface area contributed by atoms with E-state index in [0.717, 1.165) is 25.9 Å². The first-order valence-corrected chi connectivity index (χ1v) is 9.52. The number of carbonyl (C=O) groups excluding carboxylic acids is 1. The number of aryl methyl sites for hydroxylation is 2. The number of ether oxygens (including phenoxy) is 1. The zero-order valence-electron chi connectivity index (χ0n) is 16.0. The van der Waals surface area contributed by atoms with Gasteiger partial charge in [0, 0.05) is 13.1 Å². The number of rotatable bonds is 3. The summed E-state index contributed by atoms with van der Waals surface area (Å²) < 4.78 is 5.57. The molecule has 1 fully saturated rings. The van der Waals surface area contributed by atoms with Crippen LogP contribution >= 0.6 is 0 Å². The van der Waals surface area contributed by atoms with E-state index in [4.69, 9.17) is 4.74 Å². The van der Waals surface area contributed by atoms with Crippen LogP contribution in [0.5, 0.6) is 0 Å². The predicted octanol–water partition coefficient (Wildman–Crippen LogP) is 4.99. The number of carbonyl (C=O) groups is 1. The maximum Gasteiger partial charge on any atom is 0.410 e. The highest BCUT2D eigenvalue weighted by atomic mass is 16.6. The number of likely N-dealkylation sites (tertiary alicyclic amines) is 1. The molecule has 0 bridgehead atoms. The lowest BCUT2D eigenvalue weighted by atomic mass is 9.75. The highest BCUT2D eigenvalue weighted by Gasteiger charge is 2.40. The van der Waals surface area contributed by atoms with Gasteiger partial charge in [-0.05, 0) is 70.3 Å². The van der Waals surface area contributed by atoms with E-state index in [2.05, 4.69) is 43.3 Å². The topological polar surface area (TPSA) is 29.5 Å². The zero-order valence-corrected chi connectivity index (χ0v) is 16.0. The number of allylic oxidation sites excluding steroid dienone is 1. The minimum absolute atomic E-state index is 0.160. The van der Waals surface area contributed by atoms with Crippen LogP contribution in [0.3, 0.4) is 0 Å². The van der Waals surface area contributed by atoms with Gasteiger partial charge in [-0.15, -0.1) is 0 Å². The number of fused-ring (bicyclic) bond motifs is 1. The van der Waals surface area contributed by atoms with Crippen molar-refractivity contribution in [2.24, 2.45) is 17.8 Å². The Morgan fingerprint density at radius 1 is 1.20 bits per heavy atom. The fraction of sp³-hybridized carbons (Fsp3) is 0.591. The Bertz CT molecular complexity index is 626. The SMILES string of the molecule is Cc1ccc(CC[C@@H]2CC=C[C@H]3CN(C(=O)OC(C)(C)C)C[C@@H]23)cc1. The number of benzene rings is 1. The first-order valence-electron chi connectivity index (χ1n) is 9.52. The second kappa shape index (κ2) is 7.23. The molecule has 0 radical (unpaired) electrons. The van der Waals surface area contributed by atoms with Crippen LogP contribution < -0.4 is 0 Å². The van der Waals surface area contributed by atoms with Gasteiger partial charge in [-0.2, -0.15) is 0 Å². The first-order chi connectivity index (χ1) is 11.8. The summed E-state index contributed by atoms with van der Waals surface area (Å²) in [7, 11) is 0. The molecule has 1 aromatic rings. The third kappa shape index (κ3) is 4.65. The molecule has 0 unspecified atom stereocenters. The first kappa shape index (κ1) is 18.0. The van der Waals surface area contributed by atoms with Crippen molar-refractivity contribution in [2.75, 3.05) is 13.1 Å². The van der Waals surface area contributed by atoms with Crippen molar-refractivity contribution in [2.45, 2.75) is 52.6 Å². The number of nitrogens with zero attached hydrogens (tertiary/aromatic N) is 1. The minimum Gasteiger partial charge on any atom is -0.444 e. The Morgan fingerprint density at radius 2 is 1.92 bits per heavy atom. The standard InChI is InChI=1S/C22H31NO2/c1-16-8-10-17(11-9-16)12-13-18-6-5-7-19-14-23(15-20(18)19)21(24)25-22(2,3)4/h5,7-11,18-20H,6,12-15H2,1-4H3/t18-,19-,20-/m0/s1. The number of hydrogen-bond donors (Lipinski definition) is 0. The van der Waals surface area contributed by atoms with Crippen molar-refractivity contribution < 1.29 is 9.53 Å². The Kier molecular flexibility index (Phi) is 5.21. The van der Waals surface area contributed by atoms with Gasteiger partial charge in [0.05, 0.1) is 0 Å². The van der Waals surface area contributed by atoms with Crippen LogP contribution in [0.4, 0.5) is 4.79 Å². The van der Waals surface area contributed by atoms with E-state index in [1.165, 1.54) is 17.5 Å². The smallest absolute Gasteiger partial charge is 0.410 e. The minimum atomic E-state index is -0.425. The second-order valence-corrected chi connectivity index (χ2v) is 8.66. The van der Waals surface area contributed by atoms with Gasteiger partial charge >= 0.3 is 6.09 Å². The molecule has 25 heavy (non-hydrogen) atoms. The molecular formula is C22H31NO2. The van der Waals surface area contributed by atoms with E-state index < -0.39 is 5.60 Å². The van der Waals surface area contributed by atoms with Crippen LogP contribution in [0.2, 0.25) is 0 Å².